The molecule has 0 aliphatic heterocycles. The third-order valence-corrected chi connectivity index (χ3v) is 3.28. The Kier molecular flexibility index (Phi) is 4.66. The number of carbonyl (C=O) groups excluding carboxylic acids is 1. The molecule has 23 heavy (non-hydrogen) atoms. The van der Waals surface area contributed by atoms with Crippen molar-refractivity contribution in [2.24, 2.45) is 11.5 Å². The van der Waals surface area contributed by atoms with Gasteiger partial charge < -0.3 is 21.3 Å². The summed E-state index contributed by atoms with van der Waals surface area (Å²) in [5.41, 5.74) is 13.0. The van der Waals surface area contributed by atoms with E-state index in [0.717, 1.165) is 11.1 Å². The molecule has 0 unspecified atom stereocenters. The molecule has 118 valence electrons. The fraction of sp³-hybridized carbons (Fsp3) is 0.0588. The number of hydrogen-bond acceptors (Lipinski definition) is 4. The van der Waals surface area contributed by atoms with Crippen LogP contribution >= 0.6 is 0 Å². The highest BCUT2D eigenvalue weighted by Crippen LogP contribution is 2.23. The fourth-order valence-electron chi connectivity index (χ4n) is 1.85. The molecule has 5 N–H and O–H groups in total. The Morgan fingerprint density at radius 3 is 1.83 bits per heavy atom. The number of amides is 1. The molecule has 0 atom stereocenters. The summed E-state index contributed by atoms with van der Waals surface area (Å²) in [5.74, 6) is -1.33. The maximum Gasteiger partial charge on any atom is 0.336 e. The summed E-state index contributed by atoms with van der Waals surface area (Å²) in [5, 5.41) is 8.83. The van der Waals surface area contributed by atoms with Gasteiger partial charge in [-0.05, 0) is 42.3 Å². The summed E-state index contributed by atoms with van der Waals surface area (Å²) in [6.07, 6.45) is 0. The molecule has 0 fully saturated rings. The molecule has 0 aliphatic carbocycles. The second-order valence-corrected chi connectivity index (χ2v) is 4.86. The Balaban J connectivity index is 2.18. The number of nitrogens with two attached hydrogens (primary N) is 2. The first-order valence-electron chi connectivity index (χ1n) is 6.76. The predicted octanol–water partition coefficient (Wildman–Crippen LogP) is 2.11. The number of carbonyl (C=O) groups is 2. The predicted molar refractivity (Wildman–Crippen MR) is 85.5 cm³/mol. The topological polar surface area (TPSA) is 116 Å². The molecule has 6 nitrogen and oxygen atoms in total. The van der Waals surface area contributed by atoms with Crippen LogP contribution in [-0.2, 0) is 4.79 Å². The lowest BCUT2D eigenvalue weighted by atomic mass is 10.0. The zero-order valence-electron chi connectivity index (χ0n) is 12.4. The molecule has 2 aromatic rings. The molecule has 0 bridgehead atoms. The maximum atomic E-state index is 11.0. The monoisotopic (exact) mass is 312 g/mol. The van der Waals surface area contributed by atoms with E-state index in [0.29, 0.717) is 11.3 Å². The largest absolute Gasteiger partial charge is 0.478 e. The van der Waals surface area contributed by atoms with E-state index in [1.165, 1.54) is 6.92 Å². The SMILES string of the molecule is C/C(C(=O)O)=C(\N)Oc1ccc(-c2ccc(C(N)=O)cc2)cc1. The molecule has 1 amide bonds. The van der Waals surface area contributed by atoms with E-state index in [2.05, 4.69) is 0 Å². The molecule has 0 spiro atoms. The highest BCUT2D eigenvalue weighted by Gasteiger charge is 2.08. The molecule has 2 rings (SSSR count). The number of carboxylic acids is 1. The van der Waals surface area contributed by atoms with Gasteiger partial charge in [0.15, 0.2) is 0 Å². The number of carboxylic acid groups (broad SMARTS) is 1. The Hall–Kier alpha value is -3.28. The van der Waals surface area contributed by atoms with Crippen molar-refractivity contribution in [1.29, 1.82) is 0 Å². The summed E-state index contributed by atoms with van der Waals surface area (Å²) < 4.78 is 5.29. The average molecular weight is 312 g/mol. The second kappa shape index (κ2) is 6.65. The Morgan fingerprint density at radius 1 is 0.913 bits per heavy atom. The maximum absolute atomic E-state index is 11.0. The molecule has 0 heterocycles. The van der Waals surface area contributed by atoms with Gasteiger partial charge in [-0.25, -0.2) is 4.79 Å². The lowest BCUT2D eigenvalue weighted by molar-refractivity contribution is -0.132. The first-order valence-corrected chi connectivity index (χ1v) is 6.76. The van der Waals surface area contributed by atoms with Crippen molar-refractivity contribution in [3.63, 3.8) is 0 Å². The Labute approximate surface area is 133 Å². The molecular weight excluding hydrogens is 296 g/mol. The zero-order chi connectivity index (χ0) is 17.0. The zero-order valence-corrected chi connectivity index (χ0v) is 12.4. The van der Waals surface area contributed by atoms with Crippen molar-refractivity contribution < 1.29 is 19.4 Å². The van der Waals surface area contributed by atoms with Gasteiger partial charge in [0.05, 0.1) is 5.57 Å². The summed E-state index contributed by atoms with van der Waals surface area (Å²) >= 11 is 0. The number of rotatable bonds is 5. The highest BCUT2D eigenvalue weighted by molar-refractivity contribution is 5.93. The van der Waals surface area contributed by atoms with Gasteiger partial charge in [-0.2, -0.15) is 0 Å². The van der Waals surface area contributed by atoms with Gasteiger partial charge >= 0.3 is 5.97 Å². The fourth-order valence-corrected chi connectivity index (χ4v) is 1.85. The van der Waals surface area contributed by atoms with Crippen LogP contribution < -0.4 is 16.2 Å². The molecule has 0 saturated heterocycles. The molecule has 0 aromatic heterocycles. The van der Waals surface area contributed by atoms with Crippen molar-refractivity contribution >= 4 is 11.9 Å². The van der Waals surface area contributed by atoms with Crippen LogP contribution in [0.3, 0.4) is 0 Å². The van der Waals surface area contributed by atoms with E-state index in [1.54, 1.807) is 48.5 Å². The molecule has 2 aromatic carbocycles. The quantitative estimate of drug-likeness (QED) is 0.577. The van der Waals surface area contributed by atoms with Crippen molar-refractivity contribution in [2.45, 2.75) is 6.92 Å². The van der Waals surface area contributed by atoms with Gasteiger partial charge in [0.25, 0.3) is 0 Å². The molecule has 0 saturated carbocycles. The van der Waals surface area contributed by atoms with Gasteiger partial charge in [-0.3, -0.25) is 4.79 Å². The first-order chi connectivity index (χ1) is 10.9. The van der Waals surface area contributed by atoms with Gasteiger partial charge in [0.2, 0.25) is 11.8 Å². The minimum atomic E-state index is -1.13. The number of hydrogen-bond donors (Lipinski definition) is 3. The third kappa shape index (κ3) is 3.88. The van der Waals surface area contributed by atoms with Crippen LogP contribution in [-0.4, -0.2) is 17.0 Å². The van der Waals surface area contributed by atoms with Gasteiger partial charge in [0.1, 0.15) is 5.75 Å². The lowest BCUT2D eigenvalue weighted by Gasteiger charge is -2.08. The van der Waals surface area contributed by atoms with E-state index in [-0.39, 0.29) is 11.5 Å². The Morgan fingerprint density at radius 2 is 1.39 bits per heavy atom. The van der Waals surface area contributed by atoms with Crippen LogP contribution in [0, 0.1) is 0 Å². The minimum absolute atomic E-state index is 0.0592. The van der Waals surface area contributed by atoms with E-state index < -0.39 is 11.9 Å². The van der Waals surface area contributed by atoms with Crippen LogP contribution in [0.25, 0.3) is 11.1 Å². The third-order valence-electron chi connectivity index (χ3n) is 3.28. The number of benzene rings is 2. The molecule has 6 heteroatoms. The van der Waals surface area contributed by atoms with Gasteiger partial charge in [0, 0.05) is 5.56 Å². The lowest BCUT2D eigenvalue weighted by Crippen LogP contribution is -2.13. The molecule has 0 radical (unpaired) electrons. The smallest absolute Gasteiger partial charge is 0.336 e. The van der Waals surface area contributed by atoms with Crippen molar-refractivity contribution in [3.05, 3.63) is 65.6 Å². The van der Waals surface area contributed by atoms with Crippen LogP contribution in [0.1, 0.15) is 17.3 Å². The van der Waals surface area contributed by atoms with E-state index in [1.807, 2.05) is 0 Å². The van der Waals surface area contributed by atoms with Crippen LogP contribution in [0.2, 0.25) is 0 Å². The van der Waals surface area contributed by atoms with E-state index >= 15 is 0 Å². The van der Waals surface area contributed by atoms with Crippen LogP contribution in [0.15, 0.2) is 60.0 Å². The molecular formula is C17H16N2O4. The van der Waals surface area contributed by atoms with Crippen LogP contribution in [0.5, 0.6) is 5.75 Å². The summed E-state index contributed by atoms with van der Waals surface area (Å²) in [6, 6.07) is 13.9. The minimum Gasteiger partial charge on any atom is -0.478 e. The van der Waals surface area contributed by atoms with Gasteiger partial charge in [-0.15, -0.1) is 0 Å². The van der Waals surface area contributed by atoms with Gasteiger partial charge in [-0.1, -0.05) is 24.3 Å². The van der Waals surface area contributed by atoms with Crippen LogP contribution in [0.4, 0.5) is 0 Å². The van der Waals surface area contributed by atoms with Crippen molar-refractivity contribution in [3.8, 4) is 16.9 Å². The second-order valence-electron chi connectivity index (χ2n) is 4.86. The van der Waals surface area contributed by atoms with E-state index in [4.69, 9.17) is 21.3 Å². The number of ether oxygens (including phenoxy) is 1. The number of aliphatic carboxylic acids is 1. The summed E-state index contributed by atoms with van der Waals surface area (Å²) in [6.45, 7) is 1.37. The summed E-state index contributed by atoms with van der Waals surface area (Å²) in [4.78, 5) is 21.8. The standard InChI is InChI=1S/C17H16N2O4/c1-10(17(21)22)16(19)23-14-8-6-12(7-9-14)11-2-4-13(5-3-11)15(18)20/h2-9H,19H2,1H3,(H2,18,20)(H,21,22)/b16-10-. The van der Waals surface area contributed by atoms with E-state index in [9.17, 15) is 9.59 Å². The first kappa shape index (κ1) is 16.1. The highest BCUT2D eigenvalue weighted by atomic mass is 16.5. The van der Waals surface area contributed by atoms with Crippen molar-refractivity contribution in [2.75, 3.05) is 0 Å². The van der Waals surface area contributed by atoms with Crippen molar-refractivity contribution in [1.82, 2.24) is 0 Å². The normalized spacial score (nSPS) is 11.5. The number of primary amides is 1. The molecule has 0 aliphatic rings. The average Bonchev–Trinajstić information content (AvgIpc) is 2.54. The summed E-state index contributed by atoms with van der Waals surface area (Å²) in [7, 11) is 0. The Bertz CT molecular complexity index is 762.